The van der Waals surface area contributed by atoms with Gasteiger partial charge in [-0.2, -0.15) is 0 Å². The smallest absolute Gasteiger partial charge is 0.372 e. The summed E-state index contributed by atoms with van der Waals surface area (Å²) in [5, 5.41) is 8.89. The van der Waals surface area contributed by atoms with Crippen LogP contribution in [0.3, 0.4) is 0 Å². The maximum absolute atomic E-state index is 12.1. The Kier molecular flexibility index (Phi) is 4.21. The molecule has 1 aromatic carbocycles. The molecule has 1 aromatic heterocycles. The lowest BCUT2D eigenvalue weighted by atomic mass is 10.3. The lowest BCUT2D eigenvalue weighted by molar-refractivity contribution is 0.0659. The quantitative estimate of drug-likeness (QED) is 0.924. The SMILES string of the molecule is Cc1cc(CS(=O)c2ccc(Br)cc2)oc1C(=O)O. The van der Waals surface area contributed by atoms with Crippen LogP contribution in [0.5, 0.6) is 0 Å². The topological polar surface area (TPSA) is 67.5 Å². The van der Waals surface area contributed by atoms with Gasteiger partial charge in [0.1, 0.15) is 5.76 Å². The lowest BCUT2D eigenvalue weighted by Gasteiger charge is -2.00. The van der Waals surface area contributed by atoms with Crippen LogP contribution in [-0.2, 0) is 16.6 Å². The highest BCUT2D eigenvalue weighted by Gasteiger charge is 2.16. The van der Waals surface area contributed by atoms with Crippen molar-refractivity contribution < 1.29 is 18.5 Å². The van der Waals surface area contributed by atoms with E-state index in [2.05, 4.69) is 15.9 Å². The van der Waals surface area contributed by atoms with Crippen LogP contribution < -0.4 is 0 Å². The Labute approximate surface area is 121 Å². The molecule has 0 fully saturated rings. The first-order chi connectivity index (χ1) is 8.97. The monoisotopic (exact) mass is 342 g/mol. The molecule has 2 aromatic rings. The molecule has 1 unspecified atom stereocenters. The van der Waals surface area contributed by atoms with Crippen LogP contribution in [0.15, 0.2) is 44.1 Å². The highest BCUT2D eigenvalue weighted by Crippen LogP contribution is 2.20. The number of carboxylic acids is 1. The van der Waals surface area contributed by atoms with Crippen LogP contribution in [0.25, 0.3) is 0 Å². The van der Waals surface area contributed by atoms with Crippen LogP contribution in [0.4, 0.5) is 0 Å². The molecule has 1 heterocycles. The Balaban J connectivity index is 2.17. The van der Waals surface area contributed by atoms with Gasteiger partial charge in [0.25, 0.3) is 0 Å². The van der Waals surface area contributed by atoms with Crippen molar-refractivity contribution in [3.05, 3.63) is 51.9 Å². The zero-order chi connectivity index (χ0) is 14.0. The minimum absolute atomic E-state index is 0.0946. The molecule has 6 heteroatoms. The molecule has 0 aliphatic heterocycles. The number of aromatic carboxylic acids is 1. The van der Waals surface area contributed by atoms with Crippen molar-refractivity contribution in [2.24, 2.45) is 0 Å². The summed E-state index contributed by atoms with van der Waals surface area (Å²) in [6.07, 6.45) is 0. The Morgan fingerprint density at radius 1 is 1.37 bits per heavy atom. The van der Waals surface area contributed by atoms with Gasteiger partial charge in [0.05, 0.1) is 16.6 Å². The van der Waals surface area contributed by atoms with Crippen LogP contribution in [0.1, 0.15) is 21.9 Å². The third kappa shape index (κ3) is 3.33. The number of rotatable bonds is 4. The number of furan rings is 1. The number of halogens is 1. The molecule has 2 rings (SSSR count). The second kappa shape index (κ2) is 5.71. The van der Waals surface area contributed by atoms with Crippen molar-refractivity contribution in [1.29, 1.82) is 0 Å². The normalized spacial score (nSPS) is 12.3. The number of carbonyl (C=O) groups is 1. The first-order valence-corrected chi connectivity index (χ1v) is 7.55. The molecule has 1 atom stereocenters. The Morgan fingerprint density at radius 3 is 2.53 bits per heavy atom. The van der Waals surface area contributed by atoms with Gasteiger partial charge in [-0.25, -0.2) is 4.79 Å². The molecule has 0 aliphatic rings. The van der Waals surface area contributed by atoms with Gasteiger partial charge in [-0.05, 0) is 37.3 Å². The van der Waals surface area contributed by atoms with Gasteiger partial charge in [-0.15, -0.1) is 0 Å². The van der Waals surface area contributed by atoms with Gasteiger partial charge in [0.15, 0.2) is 0 Å². The van der Waals surface area contributed by atoms with E-state index in [1.165, 1.54) is 0 Å². The molecule has 0 amide bonds. The van der Waals surface area contributed by atoms with Gasteiger partial charge >= 0.3 is 5.97 Å². The number of hydrogen-bond donors (Lipinski definition) is 1. The van der Waals surface area contributed by atoms with Gasteiger partial charge in [-0.1, -0.05) is 15.9 Å². The first-order valence-electron chi connectivity index (χ1n) is 5.44. The van der Waals surface area contributed by atoms with E-state index in [-0.39, 0.29) is 11.5 Å². The molecule has 100 valence electrons. The van der Waals surface area contributed by atoms with E-state index in [9.17, 15) is 9.00 Å². The predicted octanol–water partition coefficient (Wildman–Crippen LogP) is 3.36. The van der Waals surface area contributed by atoms with Crippen LogP contribution in [0, 0.1) is 6.92 Å². The van der Waals surface area contributed by atoms with Crippen LogP contribution in [-0.4, -0.2) is 15.3 Å². The summed E-state index contributed by atoms with van der Waals surface area (Å²) in [4.78, 5) is 11.5. The van der Waals surface area contributed by atoms with Crippen molar-refractivity contribution in [3.8, 4) is 0 Å². The first kappa shape index (κ1) is 14.0. The molecule has 0 bridgehead atoms. The fourth-order valence-corrected chi connectivity index (χ4v) is 2.90. The molecule has 4 nitrogen and oxygen atoms in total. The maximum atomic E-state index is 12.1. The van der Waals surface area contributed by atoms with Crippen molar-refractivity contribution in [1.82, 2.24) is 0 Å². The summed E-state index contributed by atoms with van der Waals surface area (Å²) in [6.45, 7) is 1.65. The van der Waals surface area contributed by atoms with E-state index >= 15 is 0 Å². The van der Waals surface area contributed by atoms with Gasteiger partial charge in [0.2, 0.25) is 5.76 Å². The third-order valence-corrected chi connectivity index (χ3v) is 4.39. The third-order valence-electron chi connectivity index (χ3n) is 2.51. The van der Waals surface area contributed by atoms with Crippen LogP contribution in [0.2, 0.25) is 0 Å². The number of benzene rings is 1. The van der Waals surface area contributed by atoms with Gasteiger partial charge in [0, 0.05) is 14.9 Å². The lowest BCUT2D eigenvalue weighted by Crippen LogP contribution is -1.96. The van der Waals surface area contributed by atoms with Crippen molar-refractivity contribution in [2.45, 2.75) is 17.6 Å². The fraction of sp³-hybridized carbons (Fsp3) is 0.154. The molecule has 0 saturated heterocycles. The zero-order valence-electron chi connectivity index (χ0n) is 10.1. The largest absolute Gasteiger partial charge is 0.475 e. The predicted molar refractivity (Wildman–Crippen MR) is 74.7 cm³/mol. The van der Waals surface area contributed by atoms with E-state index in [1.807, 2.05) is 12.1 Å². The van der Waals surface area contributed by atoms with Crippen molar-refractivity contribution >= 4 is 32.7 Å². The van der Waals surface area contributed by atoms with E-state index in [0.29, 0.717) is 16.2 Å². The van der Waals surface area contributed by atoms with Crippen molar-refractivity contribution in [3.63, 3.8) is 0 Å². The van der Waals surface area contributed by atoms with E-state index in [4.69, 9.17) is 9.52 Å². The van der Waals surface area contributed by atoms with E-state index < -0.39 is 16.8 Å². The minimum Gasteiger partial charge on any atom is -0.475 e. The number of hydrogen-bond acceptors (Lipinski definition) is 3. The Morgan fingerprint density at radius 2 is 2.00 bits per heavy atom. The standard InChI is InChI=1S/C13H11BrO4S/c1-8-6-10(18-12(8)13(15)16)7-19(17)11-4-2-9(14)3-5-11/h2-6H,7H2,1H3,(H,15,16). The molecule has 0 saturated carbocycles. The van der Waals surface area contributed by atoms with Gasteiger partial charge < -0.3 is 9.52 Å². The number of aryl methyl sites for hydroxylation is 1. The van der Waals surface area contributed by atoms with Crippen molar-refractivity contribution in [2.75, 3.05) is 0 Å². The molecule has 19 heavy (non-hydrogen) atoms. The molecule has 0 spiro atoms. The highest BCUT2D eigenvalue weighted by atomic mass is 79.9. The summed E-state index contributed by atoms with van der Waals surface area (Å²) in [7, 11) is -1.26. The minimum atomic E-state index is -1.26. The summed E-state index contributed by atoms with van der Waals surface area (Å²) < 4.78 is 18.2. The van der Waals surface area contributed by atoms with E-state index in [0.717, 1.165) is 4.47 Å². The number of carboxylic acid groups (broad SMARTS) is 1. The molecule has 1 N–H and O–H groups in total. The second-order valence-electron chi connectivity index (χ2n) is 3.97. The summed E-state index contributed by atoms with van der Waals surface area (Å²) in [5.41, 5.74) is 0.537. The second-order valence-corrected chi connectivity index (χ2v) is 6.34. The van der Waals surface area contributed by atoms with Crippen LogP contribution >= 0.6 is 15.9 Å². The average molecular weight is 343 g/mol. The van der Waals surface area contributed by atoms with Gasteiger partial charge in [-0.3, -0.25) is 4.21 Å². The molecular weight excluding hydrogens is 332 g/mol. The average Bonchev–Trinajstić information content (AvgIpc) is 2.71. The molecular formula is C13H11BrO4S. The maximum Gasteiger partial charge on any atom is 0.372 e. The summed E-state index contributed by atoms with van der Waals surface area (Å²) >= 11 is 3.31. The molecule has 0 radical (unpaired) electrons. The Hall–Kier alpha value is -1.40. The summed E-state index contributed by atoms with van der Waals surface area (Å²) in [5.74, 6) is -0.632. The fourth-order valence-electron chi connectivity index (χ4n) is 1.63. The zero-order valence-corrected chi connectivity index (χ0v) is 12.5. The Bertz CT molecular complexity index is 631. The summed E-state index contributed by atoms with van der Waals surface area (Å²) in [6, 6.07) is 8.75. The molecule has 0 aliphatic carbocycles. The highest BCUT2D eigenvalue weighted by molar-refractivity contribution is 9.10. The van der Waals surface area contributed by atoms with E-state index in [1.54, 1.807) is 25.1 Å².